The van der Waals surface area contributed by atoms with Crippen molar-refractivity contribution in [2.75, 3.05) is 13.6 Å². The molecule has 0 aliphatic heterocycles. The van der Waals surface area contributed by atoms with Gasteiger partial charge in [-0.15, -0.1) is 0 Å². The lowest BCUT2D eigenvalue weighted by Gasteiger charge is -2.10. The van der Waals surface area contributed by atoms with Crippen LogP contribution in [0.3, 0.4) is 0 Å². The first kappa shape index (κ1) is 25.5. The number of nitrogens with one attached hydrogen (secondary N) is 2. The Labute approximate surface area is 220 Å². The number of halogens is 1. The van der Waals surface area contributed by atoms with Gasteiger partial charge in [-0.25, -0.2) is 0 Å². The van der Waals surface area contributed by atoms with Crippen LogP contribution in [0.1, 0.15) is 16.1 Å². The molecule has 0 aliphatic rings. The van der Waals surface area contributed by atoms with E-state index in [2.05, 4.69) is 33.9 Å². The topological polar surface area (TPSA) is 83.0 Å². The van der Waals surface area contributed by atoms with Gasteiger partial charge < -0.3 is 14.8 Å². The van der Waals surface area contributed by atoms with Gasteiger partial charge in [0.1, 0.15) is 5.69 Å². The van der Waals surface area contributed by atoms with Crippen molar-refractivity contribution < 1.29 is 9.59 Å². The quantitative estimate of drug-likeness (QED) is 0.264. The van der Waals surface area contributed by atoms with Crippen LogP contribution in [0.5, 0.6) is 0 Å². The number of hydrogen-bond donors (Lipinski definition) is 2. The Morgan fingerprint density at radius 1 is 1.14 bits per heavy atom. The second-order valence-corrected chi connectivity index (χ2v) is 8.71. The van der Waals surface area contributed by atoms with Gasteiger partial charge in [-0.05, 0) is 23.8 Å². The second-order valence-electron chi connectivity index (χ2n) is 8.30. The molecule has 2 aromatic heterocycles. The van der Waals surface area contributed by atoms with E-state index < -0.39 is 0 Å². The Hall–Kier alpha value is -4.54. The Morgan fingerprint density at radius 2 is 1.89 bits per heavy atom. The van der Waals surface area contributed by atoms with E-state index >= 15 is 0 Å². The molecule has 0 saturated heterocycles. The van der Waals surface area contributed by atoms with Gasteiger partial charge in [-0.1, -0.05) is 78.6 Å². The van der Waals surface area contributed by atoms with E-state index in [-0.39, 0.29) is 24.9 Å². The number of rotatable bonds is 8. The minimum absolute atomic E-state index is 0.204. The van der Waals surface area contributed by atoms with E-state index in [9.17, 15) is 9.59 Å². The van der Waals surface area contributed by atoms with Gasteiger partial charge in [0, 0.05) is 41.5 Å². The third kappa shape index (κ3) is 6.18. The van der Waals surface area contributed by atoms with E-state index in [1.807, 2.05) is 66.9 Å². The zero-order chi connectivity index (χ0) is 26.2. The predicted molar refractivity (Wildman–Crippen MR) is 146 cm³/mol. The molecule has 0 aliphatic carbocycles. The molecule has 0 saturated carbocycles. The average molecular weight is 512 g/mol. The third-order valence-corrected chi connectivity index (χ3v) is 6.09. The number of nitrogens with zero attached hydrogens (tertiary/aromatic N) is 3. The van der Waals surface area contributed by atoms with Crippen LogP contribution in [0.4, 0.5) is 0 Å². The monoisotopic (exact) mass is 511 g/mol. The highest BCUT2D eigenvalue weighted by atomic mass is 35.5. The Kier molecular flexibility index (Phi) is 8.24. The fourth-order valence-electron chi connectivity index (χ4n) is 3.78. The van der Waals surface area contributed by atoms with Crippen molar-refractivity contribution in [3.63, 3.8) is 0 Å². The summed E-state index contributed by atoms with van der Waals surface area (Å²) in [6.07, 6.45) is 4.82. The molecule has 7 nitrogen and oxygen atoms in total. The molecule has 0 spiro atoms. The zero-order valence-corrected chi connectivity index (χ0v) is 21.1. The van der Waals surface area contributed by atoms with Crippen molar-refractivity contribution in [1.29, 1.82) is 0 Å². The summed E-state index contributed by atoms with van der Waals surface area (Å²) >= 11 is 6.44. The van der Waals surface area contributed by atoms with Crippen molar-refractivity contribution in [1.82, 2.24) is 25.0 Å². The lowest BCUT2D eigenvalue weighted by molar-refractivity contribution is -0.124. The minimum Gasteiger partial charge on any atom is -0.347 e. The van der Waals surface area contributed by atoms with Gasteiger partial charge in [0.05, 0.1) is 25.0 Å². The lowest BCUT2D eigenvalue weighted by atomic mass is 10.0. The number of aromatic amines is 1. The van der Waals surface area contributed by atoms with Gasteiger partial charge in [0.25, 0.3) is 5.91 Å². The van der Waals surface area contributed by atoms with Crippen LogP contribution in [0.15, 0.2) is 85.7 Å². The van der Waals surface area contributed by atoms with Crippen molar-refractivity contribution >= 4 is 23.4 Å². The summed E-state index contributed by atoms with van der Waals surface area (Å²) in [7, 11) is 1.66. The molecule has 2 amide bonds. The summed E-state index contributed by atoms with van der Waals surface area (Å²) in [6, 6.07) is 19.0. The zero-order valence-electron chi connectivity index (χ0n) is 20.4. The normalized spacial score (nSPS) is 10.3. The van der Waals surface area contributed by atoms with Crippen LogP contribution in [-0.4, -0.2) is 45.1 Å². The van der Waals surface area contributed by atoms with Crippen molar-refractivity contribution in [2.45, 2.75) is 13.1 Å². The first-order chi connectivity index (χ1) is 18.0. The summed E-state index contributed by atoms with van der Waals surface area (Å²) in [6.45, 7) is 4.40. The van der Waals surface area contributed by atoms with Crippen LogP contribution in [-0.2, 0) is 17.9 Å². The molecule has 4 aromatic rings. The number of carbonyl (C=O) groups excluding carboxylic acids is 2. The van der Waals surface area contributed by atoms with Crippen molar-refractivity contribution in [2.24, 2.45) is 0 Å². The smallest absolute Gasteiger partial charge is 0.268 e. The number of H-pyrrole nitrogens is 1. The van der Waals surface area contributed by atoms with Crippen molar-refractivity contribution in [3.8, 4) is 34.2 Å². The largest absolute Gasteiger partial charge is 0.347 e. The predicted octanol–water partition coefficient (Wildman–Crippen LogP) is 4.78. The minimum atomic E-state index is -0.227. The number of hydrogen-bond acceptors (Lipinski definition) is 3. The lowest BCUT2D eigenvalue weighted by Crippen LogP contribution is -2.25. The van der Waals surface area contributed by atoms with Gasteiger partial charge in [0.15, 0.2) is 0 Å². The molecule has 2 heterocycles. The molecule has 2 aromatic carbocycles. The molecule has 2 N–H and O–H groups in total. The van der Waals surface area contributed by atoms with Gasteiger partial charge in [-0.3, -0.25) is 14.7 Å². The van der Waals surface area contributed by atoms with Crippen LogP contribution in [0.2, 0.25) is 5.02 Å². The number of aromatic nitrogens is 3. The van der Waals surface area contributed by atoms with E-state index in [4.69, 9.17) is 11.6 Å². The molecular weight excluding hydrogens is 486 g/mol. The first-order valence-corrected chi connectivity index (χ1v) is 12.0. The number of likely N-dealkylation sites (N-methyl/N-ethyl adjacent to an activating group) is 1. The molecule has 186 valence electrons. The second kappa shape index (κ2) is 11.9. The Morgan fingerprint density at radius 3 is 2.65 bits per heavy atom. The molecule has 0 unspecified atom stereocenters. The maximum atomic E-state index is 13.2. The fourth-order valence-corrected chi connectivity index (χ4v) is 4.01. The summed E-state index contributed by atoms with van der Waals surface area (Å²) in [5.41, 5.74) is 4.64. The van der Waals surface area contributed by atoms with E-state index in [1.165, 1.54) is 11.0 Å². The first-order valence-electron chi connectivity index (χ1n) is 11.6. The summed E-state index contributed by atoms with van der Waals surface area (Å²) in [4.78, 5) is 26.4. The highest BCUT2D eigenvalue weighted by molar-refractivity contribution is 6.33. The van der Waals surface area contributed by atoms with Gasteiger partial charge >= 0.3 is 0 Å². The van der Waals surface area contributed by atoms with Gasteiger partial charge in [0.2, 0.25) is 5.91 Å². The molecule has 0 bridgehead atoms. The average Bonchev–Trinajstić information content (AvgIpc) is 3.57. The summed E-state index contributed by atoms with van der Waals surface area (Å²) < 4.78 is 1.79. The maximum Gasteiger partial charge on any atom is 0.268 e. The van der Waals surface area contributed by atoms with Crippen LogP contribution in [0.25, 0.3) is 22.4 Å². The molecule has 8 heteroatoms. The molecule has 0 radical (unpaired) electrons. The summed E-state index contributed by atoms with van der Waals surface area (Å²) in [5, 5.41) is 10.9. The number of carbonyl (C=O) groups is 2. The Bertz CT molecular complexity index is 1480. The van der Waals surface area contributed by atoms with Crippen LogP contribution in [0, 0.1) is 11.8 Å². The van der Waals surface area contributed by atoms with E-state index in [0.29, 0.717) is 17.3 Å². The molecular formula is C29H26ClN5O2. The molecule has 0 fully saturated rings. The van der Waals surface area contributed by atoms with Crippen LogP contribution >= 0.6 is 11.6 Å². The van der Waals surface area contributed by atoms with E-state index in [1.54, 1.807) is 17.8 Å². The number of benzene rings is 2. The SMILES string of the molecule is C=CC(=O)N(C)CC#CCn1cc(-c2[nH]ncc2-c2ccccc2Cl)cc1C(=O)NCc1ccccc1. The third-order valence-electron chi connectivity index (χ3n) is 5.76. The van der Waals surface area contributed by atoms with E-state index in [0.717, 1.165) is 27.9 Å². The summed E-state index contributed by atoms with van der Waals surface area (Å²) in [5.74, 6) is 5.60. The molecule has 4 rings (SSSR count). The maximum absolute atomic E-state index is 13.2. The molecule has 37 heavy (non-hydrogen) atoms. The fraction of sp³-hybridized carbons (Fsp3) is 0.138. The molecule has 0 atom stereocenters. The highest BCUT2D eigenvalue weighted by Gasteiger charge is 2.18. The van der Waals surface area contributed by atoms with Crippen LogP contribution < -0.4 is 5.32 Å². The number of amides is 2. The van der Waals surface area contributed by atoms with Gasteiger partial charge in [-0.2, -0.15) is 5.10 Å². The standard InChI is InChI=1S/C29H26ClN5O2/c1-3-27(36)34(2)15-9-10-16-35-20-22(17-26(35)29(37)31-18-21-11-5-4-6-12-21)28-24(19-32-33-28)23-13-7-8-14-25(23)30/h3-8,11-14,17,19-20H,1,15-16,18H2,2H3,(H,31,37)(H,32,33). The van der Waals surface area contributed by atoms with Crippen molar-refractivity contribution in [3.05, 3.63) is 102 Å². The Balaban J connectivity index is 1.63. The highest BCUT2D eigenvalue weighted by Crippen LogP contribution is 2.35.